The predicted octanol–water partition coefficient (Wildman–Crippen LogP) is 2.57. The average Bonchev–Trinajstić information content (AvgIpc) is 3.06. The Morgan fingerprint density at radius 3 is 2.73 bits per heavy atom. The summed E-state index contributed by atoms with van der Waals surface area (Å²) in [6, 6.07) is 10.9. The fraction of sp³-hybridized carbons (Fsp3) is 0.176. The van der Waals surface area contributed by atoms with Crippen molar-refractivity contribution in [2.75, 3.05) is 0 Å². The molecule has 3 heterocycles. The highest BCUT2D eigenvalue weighted by molar-refractivity contribution is 5.91. The number of carbonyl (C=O) groups is 1. The molecule has 0 fully saturated rings. The van der Waals surface area contributed by atoms with E-state index in [-0.39, 0.29) is 17.9 Å². The lowest BCUT2D eigenvalue weighted by atomic mass is 9.90. The van der Waals surface area contributed by atoms with Crippen molar-refractivity contribution in [1.29, 1.82) is 0 Å². The van der Waals surface area contributed by atoms with Crippen LogP contribution in [0.5, 0.6) is 5.75 Å². The lowest BCUT2D eigenvalue weighted by Crippen LogP contribution is -2.31. The minimum atomic E-state index is -0.408. The van der Waals surface area contributed by atoms with Gasteiger partial charge in [0.2, 0.25) is 0 Å². The summed E-state index contributed by atoms with van der Waals surface area (Å²) in [5, 5.41) is 0.754. The van der Waals surface area contributed by atoms with E-state index in [1.165, 1.54) is 0 Å². The molecule has 0 saturated heterocycles. The molecule has 0 spiro atoms. The van der Waals surface area contributed by atoms with Crippen LogP contribution < -0.4 is 10.3 Å². The summed E-state index contributed by atoms with van der Waals surface area (Å²) < 4.78 is 12.4. The zero-order valence-electron chi connectivity index (χ0n) is 11.9. The van der Waals surface area contributed by atoms with E-state index in [9.17, 15) is 9.59 Å². The second-order valence-corrected chi connectivity index (χ2v) is 5.37. The molecule has 0 bridgehead atoms. The number of benzene rings is 1. The zero-order valence-corrected chi connectivity index (χ0v) is 11.9. The average molecular weight is 295 g/mol. The Morgan fingerprint density at radius 2 is 1.95 bits per heavy atom. The number of nitrogens with zero attached hydrogens (tertiary/aromatic N) is 1. The summed E-state index contributed by atoms with van der Waals surface area (Å²) in [6.45, 7) is 0. The first-order chi connectivity index (χ1) is 10.7. The largest absolute Gasteiger partial charge is 0.469 e. The molecule has 5 heteroatoms. The SMILES string of the molecule is Cn1c(=O)c2c(c3ccccc31)OC(=O)CC2c1ccco1. The fourth-order valence-electron chi connectivity index (χ4n) is 3.06. The Hall–Kier alpha value is -2.82. The van der Waals surface area contributed by atoms with Gasteiger partial charge in [-0.2, -0.15) is 0 Å². The molecule has 1 aliphatic heterocycles. The van der Waals surface area contributed by atoms with Gasteiger partial charge in [0.15, 0.2) is 0 Å². The number of rotatable bonds is 1. The third-order valence-corrected chi connectivity index (χ3v) is 4.11. The minimum absolute atomic E-state index is 0.105. The molecular formula is C17H13NO4. The Labute approximate surface area is 125 Å². The number of aryl methyl sites for hydroxylation is 1. The molecule has 1 aromatic carbocycles. The van der Waals surface area contributed by atoms with Gasteiger partial charge in [-0.05, 0) is 24.3 Å². The number of esters is 1. The van der Waals surface area contributed by atoms with Crippen molar-refractivity contribution in [2.45, 2.75) is 12.3 Å². The molecule has 1 unspecified atom stereocenters. The highest BCUT2D eigenvalue weighted by atomic mass is 16.5. The highest BCUT2D eigenvalue weighted by Gasteiger charge is 2.34. The number of pyridine rings is 1. The number of ether oxygens (including phenoxy) is 1. The molecule has 5 nitrogen and oxygen atoms in total. The quantitative estimate of drug-likeness (QED) is 0.647. The first kappa shape index (κ1) is 12.9. The van der Waals surface area contributed by atoms with E-state index >= 15 is 0 Å². The molecule has 1 aliphatic rings. The standard InChI is InChI=1S/C17H13NO4/c1-18-12-6-3-2-5-10(12)16-15(17(18)20)11(9-14(19)22-16)13-7-4-8-21-13/h2-8,11H,9H2,1H3. The number of fused-ring (bicyclic) bond motifs is 3. The number of carbonyl (C=O) groups excluding carboxylic acids is 1. The van der Waals surface area contributed by atoms with Crippen molar-refractivity contribution < 1.29 is 13.9 Å². The molecule has 2 aromatic heterocycles. The van der Waals surface area contributed by atoms with Crippen molar-refractivity contribution in [2.24, 2.45) is 7.05 Å². The lowest BCUT2D eigenvalue weighted by molar-refractivity contribution is -0.135. The minimum Gasteiger partial charge on any atom is -0.469 e. The molecule has 0 radical (unpaired) electrons. The maximum Gasteiger partial charge on any atom is 0.312 e. The Bertz CT molecular complexity index is 937. The molecule has 22 heavy (non-hydrogen) atoms. The number of aromatic nitrogens is 1. The molecule has 1 atom stereocenters. The van der Waals surface area contributed by atoms with Gasteiger partial charge in [0, 0.05) is 12.4 Å². The van der Waals surface area contributed by atoms with Gasteiger partial charge in [-0.3, -0.25) is 9.59 Å². The van der Waals surface area contributed by atoms with E-state index in [0.29, 0.717) is 17.1 Å². The number of hydrogen-bond donors (Lipinski definition) is 0. The molecule has 0 aliphatic carbocycles. The third kappa shape index (κ3) is 1.72. The van der Waals surface area contributed by atoms with E-state index in [0.717, 1.165) is 10.9 Å². The molecule has 110 valence electrons. The van der Waals surface area contributed by atoms with Crippen molar-refractivity contribution in [3.63, 3.8) is 0 Å². The van der Waals surface area contributed by atoms with Gasteiger partial charge >= 0.3 is 5.97 Å². The van der Waals surface area contributed by atoms with Gasteiger partial charge < -0.3 is 13.7 Å². The van der Waals surface area contributed by atoms with Crippen molar-refractivity contribution in [3.8, 4) is 5.75 Å². The Morgan fingerprint density at radius 1 is 1.14 bits per heavy atom. The van der Waals surface area contributed by atoms with Crippen molar-refractivity contribution >= 4 is 16.9 Å². The van der Waals surface area contributed by atoms with Crippen LogP contribution in [0.2, 0.25) is 0 Å². The molecule has 4 rings (SSSR count). The number of para-hydroxylation sites is 1. The van der Waals surface area contributed by atoms with Gasteiger partial charge in [-0.1, -0.05) is 12.1 Å². The van der Waals surface area contributed by atoms with Crippen LogP contribution in [0, 0.1) is 0 Å². The van der Waals surface area contributed by atoms with Gasteiger partial charge in [0.1, 0.15) is 11.5 Å². The summed E-state index contributed by atoms with van der Waals surface area (Å²) >= 11 is 0. The first-order valence-corrected chi connectivity index (χ1v) is 7.02. The van der Waals surface area contributed by atoms with E-state index in [1.54, 1.807) is 30.0 Å². The third-order valence-electron chi connectivity index (χ3n) is 4.11. The van der Waals surface area contributed by atoms with Gasteiger partial charge in [-0.25, -0.2) is 0 Å². The van der Waals surface area contributed by atoms with Gasteiger partial charge in [-0.15, -0.1) is 0 Å². The van der Waals surface area contributed by atoms with Crippen LogP contribution in [0.15, 0.2) is 51.9 Å². The Kier molecular flexibility index (Phi) is 2.69. The number of furan rings is 1. The second-order valence-electron chi connectivity index (χ2n) is 5.37. The summed E-state index contributed by atoms with van der Waals surface area (Å²) in [6.07, 6.45) is 1.65. The van der Waals surface area contributed by atoms with Crippen LogP contribution in [0.1, 0.15) is 23.7 Å². The molecule has 3 aromatic rings. The van der Waals surface area contributed by atoms with Crippen LogP contribution in [-0.4, -0.2) is 10.5 Å². The summed E-state index contributed by atoms with van der Waals surface area (Å²) in [7, 11) is 1.72. The molecule has 0 N–H and O–H groups in total. The van der Waals surface area contributed by atoms with E-state index < -0.39 is 5.92 Å². The van der Waals surface area contributed by atoms with Crippen molar-refractivity contribution in [1.82, 2.24) is 4.57 Å². The smallest absolute Gasteiger partial charge is 0.312 e. The normalized spacial score (nSPS) is 17.3. The van der Waals surface area contributed by atoms with Crippen molar-refractivity contribution in [3.05, 3.63) is 64.3 Å². The lowest BCUT2D eigenvalue weighted by Gasteiger charge is -2.24. The second kappa shape index (κ2) is 4.59. The number of hydrogen-bond acceptors (Lipinski definition) is 4. The Balaban J connectivity index is 2.11. The van der Waals surface area contributed by atoms with Gasteiger partial charge in [0.05, 0.1) is 29.7 Å². The van der Waals surface area contributed by atoms with Crippen LogP contribution in [0.4, 0.5) is 0 Å². The maximum atomic E-state index is 12.8. The van der Waals surface area contributed by atoms with Crippen LogP contribution in [0.3, 0.4) is 0 Å². The monoisotopic (exact) mass is 295 g/mol. The molecule has 0 saturated carbocycles. The molecular weight excluding hydrogens is 282 g/mol. The summed E-state index contributed by atoms with van der Waals surface area (Å²) in [4.78, 5) is 24.8. The highest BCUT2D eigenvalue weighted by Crippen LogP contribution is 2.40. The van der Waals surface area contributed by atoms with Gasteiger partial charge in [0.25, 0.3) is 5.56 Å². The van der Waals surface area contributed by atoms with E-state index in [1.807, 2.05) is 24.3 Å². The maximum absolute atomic E-state index is 12.8. The fourth-order valence-corrected chi connectivity index (χ4v) is 3.06. The summed E-state index contributed by atoms with van der Waals surface area (Å²) in [5.41, 5.74) is 1.05. The predicted molar refractivity (Wildman–Crippen MR) is 80.0 cm³/mol. The summed E-state index contributed by atoms with van der Waals surface area (Å²) in [5.74, 6) is 0.198. The van der Waals surface area contributed by atoms with Crippen LogP contribution >= 0.6 is 0 Å². The topological polar surface area (TPSA) is 61.4 Å². The van der Waals surface area contributed by atoms with E-state index in [4.69, 9.17) is 9.15 Å². The van der Waals surface area contributed by atoms with E-state index in [2.05, 4.69) is 0 Å². The van der Waals surface area contributed by atoms with Crippen LogP contribution in [0.25, 0.3) is 10.9 Å². The molecule has 0 amide bonds. The zero-order chi connectivity index (χ0) is 15.3. The first-order valence-electron chi connectivity index (χ1n) is 7.02. The van der Waals surface area contributed by atoms with Crippen LogP contribution in [-0.2, 0) is 11.8 Å².